The number of carbonyl (C=O) groups is 1. The molecule has 2 rings (SSSR count). The first-order valence-corrected chi connectivity index (χ1v) is 5.32. The van der Waals surface area contributed by atoms with Crippen molar-refractivity contribution in [3.63, 3.8) is 0 Å². The number of halogens is 1. The second kappa shape index (κ2) is 3.83. The van der Waals surface area contributed by atoms with Crippen LogP contribution in [-0.4, -0.2) is 5.91 Å². The van der Waals surface area contributed by atoms with Gasteiger partial charge in [0.2, 0.25) is 5.91 Å². The molecule has 1 aromatic carbocycles. The zero-order valence-corrected chi connectivity index (χ0v) is 9.27. The molecule has 0 aliphatic carbocycles. The lowest BCUT2D eigenvalue weighted by Crippen LogP contribution is -2.11. The highest BCUT2D eigenvalue weighted by atomic mass is 35.5. The molecule has 1 aliphatic rings. The van der Waals surface area contributed by atoms with Gasteiger partial charge in [-0.2, -0.15) is 0 Å². The molecule has 0 spiro atoms. The van der Waals surface area contributed by atoms with E-state index in [1.165, 1.54) is 0 Å². The third-order valence-electron chi connectivity index (χ3n) is 2.72. The SMILES string of the molecule is Cc1ccc(Cl)c2c1NC(=O)CCC2N. The molecule has 1 aromatic rings. The van der Waals surface area contributed by atoms with E-state index in [9.17, 15) is 4.79 Å². The van der Waals surface area contributed by atoms with E-state index in [4.69, 9.17) is 17.3 Å². The van der Waals surface area contributed by atoms with Gasteiger partial charge in [-0.25, -0.2) is 0 Å². The van der Waals surface area contributed by atoms with E-state index in [0.717, 1.165) is 16.8 Å². The zero-order valence-electron chi connectivity index (χ0n) is 8.51. The molecule has 0 aromatic heterocycles. The fourth-order valence-electron chi connectivity index (χ4n) is 1.86. The Hall–Kier alpha value is -1.06. The summed E-state index contributed by atoms with van der Waals surface area (Å²) in [5.74, 6) is 0.00886. The summed E-state index contributed by atoms with van der Waals surface area (Å²) in [6, 6.07) is 3.55. The van der Waals surface area contributed by atoms with Crippen molar-refractivity contribution in [1.29, 1.82) is 0 Å². The molecule has 0 radical (unpaired) electrons. The van der Waals surface area contributed by atoms with Gasteiger partial charge in [0.15, 0.2) is 0 Å². The third-order valence-corrected chi connectivity index (χ3v) is 3.05. The smallest absolute Gasteiger partial charge is 0.224 e. The van der Waals surface area contributed by atoms with Gasteiger partial charge < -0.3 is 11.1 Å². The van der Waals surface area contributed by atoms with Crippen molar-refractivity contribution in [2.75, 3.05) is 5.32 Å². The first-order valence-electron chi connectivity index (χ1n) is 4.94. The number of aryl methyl sites for hydroxylation is 1. The maximum atomic E-state index is 11.4. The van der Waals surface area contributed by atoms with Gasteiger partial charge in [-0.1, -0.05) is 17.7 Å². The lowest BCUT2D eigenvalue weighted by Gasteiger charge is -2.15. The van der Waals surface area contributed by atoms with Crippen LogP contribution in [0.4, 0.5) is 5.69 Å². The van der Waals surface area contributed by atoms with E-state index in [2.05, 4.69) is 5.32 Å². The van der Waals surface area contributed by atoms with Crippen LogP contribution in [0.3, 0.4) is 0 Å². The molecular weight excluding hydrogens is 212 g/mol. The molecule has 3 N–H and O–H groups in total. The Balaban J connectivity index is 2.60. The Kier molecular flexibility index (Phi) is 2.67. The molecule has 3 nitrogen and oxygen atoms in total. The number of amides is 1. The Labute approximate surface area is 93.6 Å². The zero-order chi connectivity index (χ0) is 11.0. The summed E-state index contributed by atoms with van der Waals surface area (Å²) < 4.78 is 0. The fraction of sp³-hybridized carbons (Fsp3) is 0.364. The highest BCUT2D eigenvalue weighted by molar-refractivity contribution is 6.32. The fourth-order valence-corrected chi connectivity index (χ4v) is 2.16. The summed E-state index contributed by atoms with van der Waals surface area (Å²) in [5, 5.41) is 3.49. The Morgan fingerprint density at radius 1 is 1.53 bits per heavy atom. The molecule has 0 saturated heterocycles. The average Bonchev–Trinajstić information content (AvgIpc) is 2.34. The van der Waals surface area contributed by atoms with Crippen molar-refractivity contribution in [1.82, 2.24) is 0 Å². The summed E-state index contributed by atoms with van der Waals surface area (Å²) in [6.07, 6.45) is 1.09. The molecule has 1 heterocycles. The largest absolute Gasteiger partial charge is 0.325 e. The Bertz CT molecular complexity index is 417. The molecule has 4 heteroatoms. The normalized spacial score (nSPS) is 20.5. The number of hydrogen-bond acceptors (Lipinski definition) is 2. The maximum absolute atomic E-state index is 11.4. The highest BCUT2D eigenvalue weighted by Crippen LogP contribution is 2.36. The standard InChI is InChI=1S/C11H13ClN2O/c1-6-2-3-7(12)10-8(13)4-5-9(15)14-11(6)10/h2-3,8H,4-5,13H2,1H3,(H,14,15). The van der Waals surface area contributed by atoms with Gasteiger partial charge in [0.1, 0.15) is 0 Å². The van der Waals surface area contributed by atoms with Crippen molar-refractivity contribution >= 4 is 23.2 Å². The minimum absolute atomic E-state index is 0.00886. The first kappa shape index (κ1) is 10.5. The number of hydrogen-bond donors (Lipinski definition) is 2. The van der Waals surface area contributed by atoms with Gasteiger partial charge in [0.25, 0.3) is 0 Å². The van der Waals surface area contributed by atoms with Crippen LogP contribution in [0.15, 0.2) is 12.1 Å². The summed E-state index contributed by atoms with van der Waals surface area (Å²) in [4.78, 5) is 11.4. The molecule has 80 valence electrons. The van der Waals surface area contributed by atoms with Crippen molar-refractivity contribution in [3.05, 3.63) is 28.3 Å². The van der Waals surface area contributed by atoms with Crippen molar-refractivity contribution in [3.8, 4) is 0 Å². The van der Waals surface area contributed by atoms with Crippen LogP contribution in [0.25, 0.3) is 0 Å². The van der Waals surface area contributed by atoms with Crippen molar-refractivity contribution in [2.45, 2.75) is 25.8 Å². The van der Waals surface area contributed by atoms with E-state index >= 15 is 0 Å². The molecule has 0 bridgehead atoms. The quantitative estimate of drug-likeness (QED) is 0.711. The second-order valence-electron chi connectivity index (χ2n) is 3.85. The molecule has 1 atom stereocenters. The summed E-state index contributed by atoms with van der Waals surface area (Å²) in [7, 11) is 0. The van der Waals surface area contributed by atoms with Crippen molar-refractivity contribution < 1.29 is 4.79 Å². The lowest BCUT2D eigenvalue weighted by molar-refractivity contribution is -0.116. The summed E-state index contributed by atoms with van der Waals surface area (Å²) in [6.45, 7) is 1.94. The van der Waals surface area contributed by atoms with Crippen molar-refractivity contribution in [2.24, 2.45) is 5.73 Å². The van der Waals surface area contributed by atoms with Gasteiger partial charge in [-0.15, -0.1) is 0 Å². The molecule has 15 heavy (non-hydrogen) atoms. The molecule has 0 fully saturated rings. The van der Waals surface area contributed by atoms with E-state index in [-0.39, 0.29) is 11.9 Å². The number of benzene rings is 1. The van der Waals surface area contributed by atoms with Crippen LogP contribution in [0.1, 0.15) is 30.0 Å². The maximum Gasteiger partial charge on any atom is 0.224 e. The molecule has 1 aliphatic heterocycles. The predicted molar refractivity (Wildman–Crippen MR) is 61.0 cm³/mol. The van der Waals surface area contributed by atoms with E-state index in [0.29, 0.717) is 17.9 Å². The number of fused-ring (bicyclic) bond motifs is 1. The Morgan fingerprint density at radius 3 is 3.00 bits per heavy atom. The Morgan fingerprint density at radius 2 is 2.27 bits per heavy atom. The first-order chi connectivity index (χ1) is 7.09. The molecule has 1 unspecified atom stereocenters. The third kappa shape index (κ3) is 1.85. The predicted octanol–water partition coefficient (Wildman–Crippen LogP) is 2.38. The van der Waals surface area contributed by atoms with Crippen LogP contribution in [-0.2, 0) is 4.79 Å². The average molecular weight is 225 g/mol. The summed E-state index contributed by atoms with van der Waals surface area (Å²) in [5.41, 5.74) is 8.65. The highest BCUT2D eigenvalue weighted by Gasteiger charge is 2.22. The van der Waals surface area contributed by atoms with Crippen LogP contribution in [0.2, 0.25) is 5.02 Å². The second-order valence-corrected chi connectivity index (χ2v) is 4.25. The minimum atomic E-state index is -0.161. The van der Waals surface area contributed by atoms with Crippen LogP contribution in [0.5, 0.6) is 0 Å². The van der Waals surface area contributed by atoms with E-state index in [1.807, 2.05) is 19.1 Å². The number of nitrogens with two attached hydrogens (primary N) is 1. The summed E-state index contributed by atoms with van der Waals surface area (Å²) >= 11 is 6.10. The van der Waals surface area contributed by atoms with Crippen LogP contribution < -0.4 is 11.1 Å². The van der Waals surface area contributed by atoms with Gasteiger partial charge >= 0.3 is 0 Å². The van der Waals surface area contributed by atoms with E-state index in [1.54, 1.807) is 0 Å². The lowest BCUT2D eigenvalue weighted by atomic mass is 10.00. The number of rotatable bonds is 0. The molecular formula is C11H13ClN2O. The van der Waals surface area contributed by atoms with Crippen LogP contribution >= 0.6 is 11.6 Å². The monoisotopic (exact) mass is 224 g/mol. The van der Waals surface area contributed by atoms with Gasteiger partial charge in [-0.05, 0) is 25.0 Å². The van der Waals surface area contributed by atoms with Gasteiger partial charge in [0.05, 0.1) is 0 Å². The topological polar surface area (TPSA) is 55.1 Å². The minimum Gasteiger partial charge on any atom is -0.325 e. The molecule has 0 saturated carbocycles. The number of anilines is 1. The number of nitrogens with one attached hydrogen (secondary N) is 1. The van der Waals surface area contributed by atoms with E-state index < -0.39 is 0 Å². The number of carbonyl (C=O) groups excluding carboxylic acids is 1. The molecule has 1 amide bonds. The van der Waals surface area contributed by atoms with Gasteiger partial charge in [0, 0.05) is 28.7 Å². The van der Waals surface area contributed by atoms with Gasteiger partial charge in [-0.3, -0.25) is 4.79 Å². The van der Waals surface area contributed by atoms with Crippen LogP contribution in [0, 0.1) is 6.92 Å².